The molecule has 0 aliphatic carbocycles. The Balaban J connectivity index is 1.44. The van der Waals surface area contributed by atoms with Gasteiger partial charge in [-0.2, -0.15) is 0 Å². The zero-order valence-electron chi connectivity index (χ0n) is 16.4. The van der Waals surface area contributed by atoms with E-state index in [0.717, 1.165) is 31.8 Å². The number of hydrogen-bond acceptors (Lipinski definition) is 5. The number of aromatic nitrogens is 2. The highest BCUT2D eigenvalue weighted by atomic mass is 16.5. The molecule has 1 aromatic heterocycles. The van der Waals surface area contributed by atoms with Crippen LogP contribution in [0.1, 0.15) is 30.1 Å². The van der Waals surface area contributed by atoms with Crippen LogP contribution in [0.25, 0.3) is 0 Å². The molecule has 0 radical (unpaired) electrons. The molecule has 2 heterocycles. The molecule has 2 aromatic carbocycles. The van der Waals surface area contributed by atoms with E-state index in [1.165, 1.54) is 0 Å². The van der Waals surface area contributed by atoms with E-state index in [1.54, 1.807) is 18.5 Å². The number of piperidine rings is 1. The van der Waals surface area contributed by atoms with Gasteiger partial charge in [0.1, 0.15) is 5.75 Å². The molecule has 0 atom stereocenters. The Kier molecular flexibility index (Phi) is 5.70. The van der Waals surface area contributed by atoms with Gasteiger partial charge in [-0.25, -0.2) is 9.97 Å². The summed E-state index contributed by atoms with van der Waals surface area (Å²) < 4.78 is 5.90. The van der Waals surface area contributed by atoms with Gasteiger partial charge in [0.15, 0.2) is 5.75 Å². The van der Waals surface area contributed by atoms with Crippen LogP contribution in [-0.2, 0) is 0 Å². The Morgan fingerprint density at radius 3 is 2.38 bits per heavy atom. The molecule has 1 aliphatic heterocycles. The maximum absolute atomic E-state index is 12.7. The Morgan fingerprint density at radius 2 is 1.66 bits per heavy atom. The lowest BCUT2D eigenvalue weighted by atomic mass is 10.00. The molecule has 0 spiro atoms. The van der Waals surface area contributed by atoms with E-state index in [9.17, 15) is 4.79 Å². The normalized spacial score (nSPS) is 14.4. The molecule has 1 aliphatic rings. The van der Waals surface area contributed by atoms with Crippen LogP contribution in [0.4, 0.5) is 11.6 Å². The van der Waals surface area contributed by atoms with E-state index in [-0.39, 0.29) is 5.91 Å². The van der Waals surface area contributed by atoms with Crippen molar-refractivity contribution in [2.24, 2.45) is 5.92 Å². The summed E-state index contributed by atoms with van der Waals surface area (Å²) in [7, 11) is 0. The zero-order valence-corrected chi connectivity index (χ0v) is 16.4. The number of benzene rings is 2. The van der Waals surface area contributed by atoms with Crippen molar-refractivity contribution in [2.45, 2.75) is 19.8 Å². The summed E-state index contributed by atoms with van der Waals surface area (Å²) >= 11 is 0. The van der Waals surface area contributed by atoms with Crippen LogP contribution in [0.5, 0.6) is 11.5 Å². The molecule has 6 heteroatoms. The van der Waals surface area contributed by atoms with Gasteiger partial charge >= 0.3 is 0 Å². The number of para-hydroxylation sites is 3. The molecule has 3 aromatic rings. The smallest absolute Gasteiger partial charge is 0.258 e. The van der Waals surface area contributed by atoms with Crippen molar-refractivity contribution in [1.29, 1.82) is 0 Å². The Bertz CT molecular complexity index is 952. The topological polar surface area (TPSA) is 67.4 Å². The van der Waals surface area contributed by atoms with Crippen LogP contribution in [-0.4, -0.2) is 29.0 Å². The molecule has 1 amide bonds. The number of hydrogen-bond donors (Lipinski definition) is 1. The van der Waals surface area contributed by atoms with Crippen molar-refractivity contribution in [3.63, 3.8) is 0 Å². The third-order valence-electron chi connectivity index (χ3n) is 5.07. The first-order valence-electron chi connectivity index (χ1n) is 9.89. The predicted molar refractivity (Wildman–Crippen MR) is 114 cm³/mol. The molecule has 1 saturated heterocycles. The average Bonchev–Trinajstić information content (AvgIpc) is 2.76. The van der Waals surface area contributed by atoms with Gasteiger partial charge in [-0.1, -0.05) is 37.3 Å². The molecule has 1 N–H and O–H groups in total. The molecular formula is C23H24N4O2. The van der Waals surface area contributed by atoms with Crippen LogP contribution >= 0.6 is 0 Å². The second-order valence-electron chi connectivity index (χ2n) is 7.31. The van der Waals surface area contributed by atoms with Crippen molar-refractivity contribution in [1.82, 2.24) is 9.97 Å². The molecule has 0 saturated carbocycles. The zero-order chi connectivity index (χ0) is 20.1. The lowest BCUT2D eigenvalue weighted by Crippen LogP contribution is -2.34. The summed E-state index contributed by atoms with van der Waals surface area (Å²) in [5.74, 6) is 2.44. The first kappa shape index (κ1) is 18.9. The van der Waals surface area contributed by atoms with Crippen LogP contribution < -0.4 is 15.0 Å². The van der Waals surface area contributed by atoms with Crippen molar-refractivity contribution in [3.05, 3.63) is 72.6 Å². The monoisotopic (exact) mass is 388 g/mol. The van der Waals surface area contributed by atoms with Crippen molar-refractivity contribution in [2.75, 3.05) is 23.3 Å². The van der Waals surface area contributed by atoms with Gasteiger partial charge in [0.25, 0.3) is 5.91 Å². The van der Waals surface area contributed by atoms with Gasteiger partial charge in [-0.15, -0.1) is 0 Å². The highest BCUT2D eigenvalue weighted by molar-refractivity contribution is 6.04. The molecule has 6 nitrogen and oxygen atoms in total. The first-order valence-corrected chi connectivity index (χ1v) is 9.89. The van der Waals surface area contributed by atoms with Gasteiger partial charge in [-0.3, -0.25) is 4.79 Å². The first-order chi connectivity index (χ1) is 14.2. The summed E-state index contributed by atoms with van der Waals surface area (Å²) in [4.78, 5) is 23.7. The van der Waals surface area contributed by atoms with Crippen LogP contribution in [0, 0.1) is 5.92 Å². The molecular weight excluding hydrogens is 364 g/mol. The van der Waals surface area contributed by atoms with E-state index in [4.69, 9.17) is 4.74 Å². The Labute approximate surface area is 170 Å². The number of ether oxygens (including phenoxy) is 1. The molecule has 0 bridgehead atoms. The summed E-state index contributed by atoms with van der Waals surface area (Å²) in [5, 5.41) is 2.89. The number of nitrogens with zero attached hydrogens (tertiary/aromatic N) is 3. The van der Waals surface area contributed by atoms with Crippen molar-refractivity contribution >= 4 is 17.5 Å². The number of rotatable bonds is 5. The van der Waals surface area contributed by atoms with E-state index >= 15 is 0 Å². The fraction of sp³-hybridized carbons (Fsp3) is 0.261. The van der Waals surface area contributed by atoms with Gasteiger partial charge in [0.2, 0.25) is 5.95 Å². The third-order valence-corrected chi connectivity index (χ3v) is 5.07. The SMILES string of the molecule is CC1CCN(c2ncc(C(=O)Nc3ccccc3Oc3ccccc3)cn2)CC1. The summed E-state index contributed by atoms with van der Waals surface area (Å²) in [6.45, 7) is 4.18. The fourth-order valence-electron chi connectivity index (χ4n) is 3.28. The van der Waals surface area contributed by atoms with Crippen LogP contribution in [0.3, 0.4) is 0 Å². The van der Waals surface area contributed by atoms with Crippen molar-refractivity contribution < 1.29 is 9.53 Å². The quantitative estimate of drug-likeness (QED) is 0.683. The lowest BCUT2D eigenvalue weighted by molar-refractivity contribution is 0.102. The predicted octanol–water partition coefficient (Wildman–Crippen LogP) is 4.76. The highest BCUT2D eigenvalue weighted by Gasteiger charge is 2.18. The third kappa shape index (κ3) is 4.71. The minimum atomic E-state index is -0.270. The van der Waals surface area contributed by atoms with Crippen molar-refractivity contribution in [3.8, 4) is 11.5 Å². The Morgan fingerprint density at radius 1 is 1.00 bits per heavy atom. The molecule has 148 valence electrons. The molecule has 1 fully saturated rings. The van der Waals surface area contributed by atoms with Crippen LogP contribution in [0.2, 0.25) is 0 Å². The molecule has 29 heavy (non-hydrogen) atoms. The number of amides is 1. The summed E-state index contributed by atoms with van der Waals surface area (Å²) in [5.41, 5.74) is 1.00. The van der Waals surface area contributed by atoms with E-state index in [1.807, 2.05) is 48.5 Å². The number of carbonyl (C=O) groups excluding carboxylic acids is 1. The standard InChI is InChI=1S/C23H24N4O2/c1-17-11-13-27(14-12-17)23-24-15-18(16-25-23)22(28)26-20-9-5-6-10-21(20)29-19-7-3-2-4-8-19/h2-10,15-17H,11-14H2,1H3,(H,26,28). The maximum atomic E-state index is 12.7. The van der Waals surface area contributed by atoms with Gasteiger partial charge in [-0.05, 0) is 43.0 Å². The summed E-state index contributed by atoms with van der Waals surface area (Å²) in [6, 6.07) is 16.8. The van der Waals surface area contributed by atoms with E-state index in [2.05, 4.69) is 27.1 Å². The second-order valence-corrected chi connectivity index (χ2v) is 7.31. The molecule has 4 rings (SSSR count). The minimum absolute atomic E-state index is 0.270. The van der Waals surface area contributed by atoms with E-state index < -0.39 is 0 Å². The molecule has 0 unspecified atom stereocenters. The second kappa shape index (κ2) is 8.73. The van der Waals surface area contributed by atoms with Gasteiger partial charge in [0, 0.05) is 25.5 Å². The summed E-state index contributed by atoms with van der Waals surface area (Å²) in [6.07, 6.45) is 5.44. The van der Waals surface area contributed by atoms with Crippen LogP contribution in [0.15, 0.2) is 67.0 Å². The number of nitrogens with one attached hydrogen (secondary N) is 1. The minimum Gasteiger partial charge on any atom is -0.455 e. The Hall–Kier alpha value is -3.41. The van der Waals surface area contributed by atoms with Gasteiger partial charge < -0.3 is 15.0 Å². The fourth-order valence-corrected chi connectivity index (χ4v) is 3.28. The maximum Gasteiger partial charge on any atom is 0.258 e. The van der Waals surface area contributed by atoms with E-state index in [0.29, 0.717) is 28.7 Å². The number of anilines is 2. The number of carbonyl (C=O) groups is 1. The average molecular weight is 388 g/mol. The lowest BCUT2D eigenvalue weighted by Gasteiger charge is -2.30. The van der Waals surface area contributed by atoms with Gasteiger partial charge in [0.05, 0.1) is 11.3 Å². The highest BCUT2D eigenvalue weighted by Crippen LogP contribution is 2.29. The largest absolute Gasteiger partial charge is 0.455 e.